The molecule has 5 heteroatoms. The van der Waals surface area contributed by atoms with E-state index in [-0.39, 0.29) is 0 Å². The molecule has 0 spiro atoms. The van der Waals surface area contributed by atoms with E-state index in [9.17, 15) is 5.21 Å². The van der Waals surface area contributed by atoms with Gasteiger partial charge in [0.25, 0.3) is 0 Å². The Morgan fingerprint density at radius 2 is 2.24 bits per heavy atom. The summed E-state index contributed by atoms with van der Waals surface area (Å²) in [7, 11) is 0. The first-order valence-corrected chi connectivity index (χ1v) is 5.37. The molecule has 0 amide bonds. The van der Waals surface area contributed by atoms with E-state index in [2.05, 4.69) is 9.97 Å². The Labute approximate surface area is 97.9 Å². The van der Waals surface area contributed by atoms with Crippen molar-refractivity contribution >= 4 is 11.0 Å². The van der Waals surface area contributed by atoms with Crippen LogP contribution >= 0.6 is 0 Å². The minimum absolute atomic E-state index is 0.597. The van der Waals surface area contributed by atoms with Crippen LogP contribution in [0.3, 0.4) is 0 Å². The van der Waals surface area contributed by atoms with E-state index in [1.165, 1.54) is 0 Å². The molecular formula is C12H12N4O. The van der Waals surface area contributed by atoms with Gasteiger partial charge in [0.15, 0.2) is 0 Å². The highest BCUT2D eigenvalue weighted by Crippen LogP contribution is 2.16. The second kappa shape index (κ2) is 3.62. The van der Waals surface area contributed by atoms with E-state index in [1.807, 2.05) is 29.0 Å². The molecule has 1 aromatic carbocycles. The van der Waals surface area contributed by atoms with Crippen LogP contribution in [0.4, 0.5) is 0 Å². The number of imidazole rings is 2. The topological polar surface area (TPSA) is 55.9 Å². The second-order valence-electron chi connectivity index (χ2n) is 4.03. The highest BCUT2D eigenvalue weighted by atomic mass is 16.5. The van der Waals surface area contributed by atoms with Gasteiger partial charge in [0.1, 0.15) is 11.3 Å². The number of hydrogen-bond acceptors (Lipinski definition) is 3. The third kappa shape index (κ3) is 1.65. The van der Waals surface area contributed by atoms with Crippen molar-refractivity contribution in [3.8, 4) is 0 Å². The van der Waals surface area contributed by atoms with Crippen LogP contribution in [0, 0.1) is 6.92 Å². The Morgan fingerprint density at radius 3 is 3.00 bits per heavy atom. The number of fused-ring (bicyclic) bond motifs is 1. The lowest BCUT2D eigenvalue weighted by molar-refractivity contribution is 0.191. The fourth-order valence-electron chi connectivity index (χ4n) is 1.92. The number of rotatable bonds is 2. The summed E-state index contributed by atoms with van der Waals surface area (Å²) in [6.45, 7) is 2.51. The molecule has 0 fully saturated rings. The smallest absolute Gasteiger partial charge is 0.142 e. The molecule has 3 aromatic rings. The van der Waals surface area contributed by atoms with E-state index >= 15 is 0 Å². The predicted molar refractivity (Wildman–Crippen MR) is 63.0 cm³/mol. The van der Waals surface area contributed by atoms with Crippen molar-refractivity contribution in [3.05, 3.63) is 48.3 Å². The summed E-state index contributed by atoms with van der Waals surface area (Å²) in [5.41, 5.74) is 2.64. The average molecular weight is 228 g/mol. The third-order valence-electron chi connectivity index (χ3n) is 2.78. The second-order valence-corrected chi connectivity index (χ2v) is 4.03. The Balaban J connectivity index is 2.04. The number of hydrogen-bond donors (Lipinski definition) is 1. The molecule has 0 radical (unpaired) electrons. The highest BCUT2D eigenvalue weighted by molar-refractivity contribution is 5.76. The lowest BCUT2D eigenvalue weighted by Crippen LogP contribution is -1.97. The van der Waals surface area contributed by atoms with Crippen LogP contribution in [-0.2, 0) is 6.54 Å². The lowest BCUT2D eigenvalue weighted by atomic mass is 10.2. The minimum atomic E-state index is 0.597. The molecule has 0 aliphatic heterocycles. The average Bonchev–Trinajstić information content (AvgIpc) is 2.91. The van der Waals surface area contributed by atoms with E-state index in [0.29, 0.717) is 5.82 Å². The normalized spacial score (nSPS) is 11.1. The van der Waals surface area contributed by atoms with Crippen LogP contribution in [0.25, 0.3) is 11.0 Å². The standard InChI is InChI=1S/C12H12N4O/c1-9-14-11-3-2-10(6-12(11)16(9)17)7-15-5-4-13-8-15/h2-6,8,17H,7H2,1H3. The minimum Gasteiger partial charge on any atom is -0.427 e. The number of aryl methyl sites for hydroxylation is 1. The van der Waals surface area contributed by atoms with Crippen molar-refractivity contribution in [2.75, 3.05) is 0 Å². The van der Waals surface area contributed by atoms with E-state index in [4.69, 9.17) is 0 Å². The first kappa shape index (κ1) is 9.89. The molecule has 0 saturated heterocycles. The maximum absolute atomic E-state index is 9.78. The summed E-state index contributed by atoms with van der Waals surface area (Å²) in [5, 5.41) is 9.78. The van der Waals surface area contributed by atoms with Crippen LogP contribution < -0.4 is 0 Å². The predicted octanol–water partition coefficient (Wildman–Crippen LogP) is 1.83. The van der Waals surface area contributed by atoms with Crippen molar-refractivity contribution in [1.82, 2.24) is 19.3 Å². The fourth-order valence-corrected chi connectivity index (χ4v) is 1.92. The van der Waals surface area contributed by atoms with Crippen LogP contribution in [-0.4, -0.2) is 24.5 Å². The van der Waals surface area contributed by atoms with Crippen molar-refractivity contribution in [3.63, 3.8) is 0 Å². The molecule has 0 unspecified atom stereocenters. The summed E-state index contributed by atoms with van der Waals surface area (Å²) in [6, 6.07) is 5.87. The number of nitrogens with zero attached hydrogens (tertiary/aromatic N) is 4. The Hall–Kier alpha value is -2.30. The molecule has 0 atom stereocenters. The summed E-state index contributed by atoms with van der Waals surface area (Å²) in [5.74, 6) is 0.597. The zero-order valence-corrected chi connectivity index (χ0v) is 9.41. The molecule has 17 heavy (non-hydrogen) atoms. The lowest BCUT2D eigenvalue weighted by Gasteiger charge is -2.03. The van der Waals surface area contributed by atoms with Gasteiger partial charge in [-0.25, -0.2) is 9.97 Å². The Bertz CT molecular complexity index is 655. The first-order valence-electron chi connectivity index (χ1n) is 5.37. The zero-order chi connectivity index (χ0) is 11.8. The van der Waals surface area contributed by atoms with E-state index in [0.717, 1.165) is 27.9 Å². The van der Waals surface area contributed by atoms with Crippen LogP contribution in [0.2, 0.25) is 0 Å². The maximum Gasteiger partial charge on any atom is 0.142 e. The molecular weight excluding hydrogens is 216 g/mol. The van der Waals surface area contributed by atoms with Gasteiger partial charge in [-0.3, -0.25) is 0 Å². The highest BCUT2D eigenvalue weighted by Gasteiger charge is 2.06. The van der Waals surface area contributed by atoms with Crippen molar-refractivity contribution < 1.29 is 5.21 Å². The molecule has 2 aromatic heterocycles. The molecule has 3 rings (SSSR count). The molecule has 0 aliphatic carbocycles. The summed E-state index contributed by atoms with van der Waals surface area (Å²) in [6.07, 6.45) is 5.43. The Morgan fingerprint density at radius 1 is 1.35 bits per heavy atom. The van der Waals surface area contributed by atoms with E-state index < -0.39 is 0 Å². The molecule has 86 valence electrons. The summed E-state index contributed by atoms with van der Waals surface area (Å²) in [4.78, 5) is 8.24. The quantitative estimate of drug-likeness (QED) is 0.681. The SMILES string of the molecule is Cc1nc2ccc(Cn3ccnc3)cc2n1O. The van der Waals surface area contributed by atoms with Gasteiger partial charge in [0, 0.05) is 18.9 Å². The van der Waals surface area contributed by atoms with Crippen LogP contribution in [0.1, 0.15) is 11.4 Å². The Kier molecular flexibility index (Phi) is 2.11. The molecule has 0 aliphatic rings. The number of benzene rings is 1. The van der Waals surface area contributed by atoms with Gasteiger partial charge in [0.2, 0.25) is 0 Å². The van der Waals surface area contributed by atoms with Gasteiger partial charge < -0.3 is 9.77 Å². The maximum atomic E-state index is 9.78. The van der Waals surface area contributed by atoms with E-state index in [1.54, 1.807) is 19.4 Å². The van der Waals surface area contributed by atoms with Gasteiger partial charge in [-0.2, -0.15) is 4.73 Å². The number of aromatic nitrogens is 4. The molecule has 0 bridgehead atoms. The van der Waals surface area contributed by atoms with Crippen LogP contribution in [0.15, 0.2) is 36.9 Å². The van der Waals surface area contributed by atoms with Gasteiger partial charge in [-0.1, -0.05) is 6.07 Å². The van der Waals surface area contributed by atoms with Crippen molar-refractivity contribution in [2.24, 2.45) is 0 Å². The van der Waals surface area contributed by atoms with Crippen LogP contribution in [0.5, 0.6) is 0 Å². The molecule has 5 nitrogen and oxygen atoms in total. The first-order chi connectivity index (χ1) is 8.24. The molecule has 2 heterocycles. The summed E-state index contributed by atoms with van der Waals surface area (Å²) >= 11 is 0. The van der Waals surface area contributed by atoms with Gasteiger partial charge in [0.05, 0.1) is 11.8 Å². The van der Waals surface area contributed by atoms with Gasteiger partial charge >= 0.3 is 0 Å². The fraction of sp³-hybridized carbons (Fsp3) is 0.167. The zero-order valence-electron chi connectivity index (χ0n) is 9.41. The summed E-state index contributed by atoms with van der Waals surface area (Å²) < 4.78 is 3.10. The van der Waals surface area contributed by atoms with Crippen molar-refractivity contribution in [2.45, 2.75) is 13.5 Å². The van der Waals surface area contributed by atoms with Crippen molar-refractivity contribution in [1.29, 1.82) is 0 Å². The van der Waals surface area contributed by atoms with Gasteiger partial charge in [-0.15, -0.1) is 0 Å². The monoisotopic (exact) mass is 228 g/mol. The molecule has 0 saturated carbocycles. The molecule has 1 N–H and O–H groups in total. The largest absolute Gasteiger partial charge is 0.427 e. The van der Waals surface area contributed by atoms with Gasteiger partial charge in [-0.05, 0) is 24.6 Å². The third-order valence-corrected chi connectivity index (χ3v) is 2.78.